The Kier molecular flexibility index (Phi) is 4.60. The van der Waals surface area contributed by atoms with Gasteiger partial charge in [-0.3, -0.25) is 9.36 Å². The Hall–Kier alpha value is -3.55. The molecule has 0 unspecified atom stereocenters. The lowest BCUT2D eigenvalue weighted by Crippen LogP contribution is -2.38. The van der Waals surface area contributed by atoms with Gasteiger partial charge in [-0.05, 0) is 42.5 Å². The van der Waals surface area contributed by atoms with Gasteiger partial charge in [0.05, 0.1) is 21.6 Å². The summed E-state index contributed by atoms with van der Waals surface area (Å²) < 4.78 is 2.54. The summed E-state index contributed by atoms with van der Waals surface area (Å²) in [5.74, 6) is 6.11. The number of rotatable bonds is 1. The first-order valence-corrected chi connectivity index (χ1v) is 9.02. The zero-order valence-corrected chi connectivity index (χ0v) is 15.8. The summed E-state index contributed by atoms with van der Waals surface area (Å²) in [5.41, 5.74) is 1.65. The van der Waals surface area contributed by atoms with Crippen molar-refractivity contribution in [3.05, 3.63) is 110 Å². The fraction of sp³-hybridized carbons (Fsp3) is 0.0435. The minimum atomic E-state index is -0.450. The van der Waals surface area contributed by atoms with Crippen molar-refractivity contribution < 1.29 is 0 Å². The Balaban J connectivity index is 1.85. The molecule has 5 heteroatoms. The molecule has 4 rings (SSSR count). The van der Waals surface area contributed by atoms with Crippen molar-refractivity contribution in [1.82, 2.24) is 9.13 Å². The van der Waals surface area contributed by atoms with Crippen molar-refractivity contribution in [3.8, 4) is 17.5 Å². The summed E-state index contributed by atoms with van der Waals surface area (Å²) >= 11 is 6.42. The summed E-state index contributed by atoms with van der Waals surface area (Å²) in [6.07, 6.45) is 0. The van der Waals surface area contributed by atoms with Crippen LogP contribution in [-0.4, -0.2) is 9.13 Å². The summed E-state index contributed by atoms with van der Waals surface area (Å²) in [7, 11) is 1.63. The zero-order chi connectivity index (χ0) is 19.7. The highest BCUT2D eigenvalue weighted by atomic mass is 35.5. The van der Waals surface area contributed by atoms with E-state index in [2.05, 4.69) is 11.8 Å². The number of benzene rings is 3. The van der Waals surface area contributed by atoms with Crippen LogP contribution in [0.4, 0.5) is 0 Å². The van der Waals surface area contributed by atoms with Gasteiger partial charge in [0.1, 0.15) is 0 Å². The van der Waals surface area contributed by atoms with Crippen LogP contribution in [0.5, 0.6) is 0 Å². The zero-order valence-electron chi connectivity index (χ0n) is 15.0. The minimum Gasteiger partial charge on any atom is -0.296 e. The Bertz CT molecular complexity index is 1370. The van der Waals surface area contributed by atoms with E-state index in [1.807, 2.05) is 30.3 Å². The molecule has 0 bridgehead atoms. The van der Waals surface area contributed by atoms with Gasteiger partial charge in [0, 0.05) is 18.2 Å². The molecule has 28 heavy (non-hydrogen) atoms. The molecular weight excluding hydrogens is 372 g/mol. The SMILES string of the molecule is Cn1c(=O)n(-c2ccc(C#Cc3ccccc3)cc2Cl)c(=O)c2ccccc21. The highest BCUT2D eigenvalue weighted by molar-refractivity contribution is 6.32. The lowest BCUT2D eigenvalue weighted by Gasteiger charge is -2.12. The second kappa shape index (κ2) is 7.22. The standard InChI is InChI=1S/C23H15ClN2O2/c1-25-20-10-6-5-9-18(20)22(27)26(23(25)28)21-14-13-17(15-19(21)24)12-11-16-7-3-2-4-8-16/h2-10,13-15H,1H3. The number of aryl methyl sites for hydroxylation is 1. The summed E-state index contributed by atoms with van der Waals surface area (Å²) in [5, 5.41) is 0.739. The van der Waals surface area contributed by atoms with Crippen molar-refractivity contribution >= 4 is 22.5 Å². The average Bonchev–Trinajstić information content (AvgIpc) is 2.73. The van der Waals surface area contributed by atoms with E-state index in [9.17, 15) is 9.59 Å². The van der Waals surface area contributed by atoms with Gasteiger partial charge in [-0.1, -0.05) is 53.8 Å². The van der Waals surface area contributed by atoms with Gasteiger partial charge in [-0.2, -0.15) is 0 Å². The van der Waals surface area contributed by atoms with Crippen LogP contribution in [-0.2, 0) is 7.05 Å². The first-order chi connectivity index (χ1) is 13.6. The van der Waals surface area contributed by atoms with Gasteiger partial charge < -0.3 is 0 Å². The molecule has 0 aliphatic heterocycles. The van der Waals surface area contributed by atoms with Crippen LogP contribution in [0.3, 0.4) is 0 Å². The summed E-state index contributed by atoms with van der Waals surface area (Å²) in [6.45, 7) is 0. The van der Waals surface area contributed by atoms with Crippen molar-refractivity contribution in [2.24, 2.45) is 7.05 Å². The number of fused-ring (bicyclic) bond motifs is 1. The van der Waals surface area contributed by atoms with Gasteiger partial charge in [-0.15, -0.1) is 0 Å². The molecular formula is C23H15ClN2O2. The van der Waals surface area contributed by atoms with Crippen molar-refractivity contribution in [2.45, 2.75) is 0 Å². The molecule has 0 radical (unpaired) electrons. The molecule has 0 saturated carbocycles. The van der Waals surface area contributed by atoms with Gasteiger partial charge in [0.2, 0.25) is 0 Å². The van der Waals surface area contributed by atoms with Crippen LogP contribution in [0.15, 0.2) is 82.4 Å². The predicted octanol–water partition coefficient (Wildman–Crippen LogP) is 3.74. The van der Waals surface area contributed by atoms with E-state index in [0.717, 1.165) is 10.1 Å². The third-order valence-corrected chi connectivity index (χ3v) is 4.79. The molecule has 0 aliphatic carbocycles. The third-order valence-electron chi connectivity index (χ3n) is 4.49. The van der Waals surface area contributed by atoms with Crippen LogP contribution in [0.1, 0.15) is 11.1 Å². The number of hydrogen-bond acceptors (Lipinski definition) is 2. The molecule has 4 nitrogen and oxygen atoms in total. The maximum Gasteiger partial charge on any atom is 0.335 e. The number of para-hydroxylation sites is 1. The van der Waals surface area contributed by atoms with E-state index in [0.29, 0.717) is 22.2 Å². The molecule has 0 saturated heterocycles. The Morgan fingerprint density at radius 2 is 1.50 bits per heavy atom. The van der Waals surface area contributed by atoms with Crippen molar-refractivity contribution in [1.29, 1.82) is 0 Å². The van der Waals surface area contributed by atoms with Crippen LogP contribution in [0, 0.1) is 11.8 Å². The number of halogens is 1. The monoisotopic (exact) mass is 386 g/mol. The van der Waals surface area contributed by atoms with Crippen LogP contribution < -0.4 is 11.2 Å². The molecule has 1 aromatic heterocycles. The molecule has 0 spiro atoms. The molecule has 0 atom stereocenters. The molecule has 0 aliphatic rings. The predicted molar refractivity (Wildman–Crippen MR) is 112 cm³/mol. The largest absolute Gasteiger partial charge is 0.335 e. The topological polar surface area (TPSA) is 44.0 Å². The normalized spacial score (nSPS) is 10.5. The van der Waals surface area contributed by atoms with Crippen molar-refractivity contribution in [3.63, 3.8) is 0 Å². The number of aromatic nitrogens is 2. The van der Waals surface area contributed by atoms with Crippen LogP contribution in [0.2, 0.25) is 5.02 Å². The average molecular weight is 387 g/mol. The molecule has 1 heterocycles. The van der Waals surface area contributed by atoms with E-state index >= 15 is 0 Å². The van der Waals surface area contributed by atoms with E-state index in [4.69, 9.17) is 11.6 Å². The number of nitrogens with zero attached hydrogens (tertiary/aromatic N) is 2. The lowest BCUT2D eigenvalue weighted by molar-refractivity contribution is 0.774. The molecule has 4 aromatic rings. The Morgan fingerprint density at radius 3 is 2.25 bits per heavy atom. The summed E-state index contributed by atoms with van der Waals surface area (Å²) in [6, 6.07) is 21.7. The molecule has 0 fully saturated rings. The van der Waals surface area contributed by atoms with E-state index in [1.54, 1.807) is 49.5 Å². The first kappa shape index (κ1) is 17.8. The van der Waals surface area contributed by atoms with Gasteiger partial charge in [0.15, 0.2) is 0 Å². The maximum absolute atomic E-state index is 12.9. The van der Waals surface area contributed by atoms with Crippen molar-refractivity contribution in [2.75, 3.05) is 0 Å². The highest BCUT2D eigenvalue weighted by Gasteiger charge is 2.14. The fourth-order valence-corrected chi connectivity index (χ4v) is 3.32. The van der Waals surface area contributed by atoms with E-state index < -0.39 is 11.2 Å². The molecule has 136 valence electrons. The van der Waals surface area contributed by atoms with E-state index in [1.165, 1.54) is 4.57 Å². The first-order valence-electron chi connectivity index (χ1n) is 8.64. The third kappa shape index (κ3) is 3.13. The van der Waals surface area contributed by atoms with Crippen LogP contribution in [0.25, 0.3) is 16.6 Å². The molecule has 0 N–H and O–H groups in total. The maximum atomic E-state index is 12.9. The van der Waals surface area contributed by atoms with Gasteiger partial charge in [-0.25, -0.2) is 9.36 Å². The second-order valence-corrected chi connectivity index (χ2v) is 6.69. The quantitative estimate of drug-likeness (QED) is 0.468. The second-order valence-electron chi connectivity index (χ2n) is 6.28. The number of hydrogen-bond donors (Lipinski definition) is 0. The smallest absolute Gasteiger partial charge is 0.296 e. The molecule has 0 amide bonds. The van der Waals surface area contributed by atoms with Crippen LogP contribution >= 0.6 is 11.6 Å². The molecule has 3 aromatic carbocycles. The Labute approximate surface area is 166 Å². The van der Waals surface area contributed by atoms with Gasteiger partial charge >= 0.3 is 5.69 Å². The minimum absolute atomic E-state index is 0.286. The lowest BCUT2D eigenvalue weighted by atomic mass is 10.1. The van der Waals surface area contributed by atoms with Gasteiger partial charge in [0.25, 0.3) is 5.56 Å². The van der Waals surface area contributed by atoms with E-state index in [-0.39, 0.29) is 5.02 Å². The summed E-state index contributed by atoms with van der Waals surface area (Å²) in [4.78, 5) is 25.7. The Morgan fingerprint density at radius 1 is 0.821 bits per heavy atom. The highest BCUT2D eigenvalue weighted by Crippen LogP contribution is 2.20. The fourth-order valence-electron chi connectivity index (χ4n) is 3.05.